The Balaban J connectivity index is 2.23. The SMILES string of the molecule is CCC(N)Cc1cccc(F)c1N1CCC(CC)C1. The molecule has 0 aliphatic carbocycles. The second-order valence-electron chi connectivity index (χ2n) is 5.63. The molecule has 1 aliphatic rings. The molecule has 1 aliphatic heterocycles. The predicted molar refractivity (Wildman–Crippen MR) is 79.0 cm³/mol. The van der Waals surface area contributed by atoms with Gasteiger partial charge in [0.15, 0.2) is 0 Å². The van der Waals surface area contributed by atoms with Crippen molar-refractivity contribution < 1.29 is 4.39 Å². The van der Waals surface area contributed by atoms with Gasteiger partial charge < -0.3 is 10.6 Å². The largest absolute Gasteiger partial charge is 0.369 e. The fourth-order valence-corrected chi connectivity index (χ4v) is 2.87. The molecule has 1 aromatic carbocycles. The number of rotatable bonds is 5. The number of nitrogens with zero attached hydrogens (tertiary/aromatic N) is 1. The fourth-order valence-electron chi connectivity index (χ4n) is 2.87. The summed E-state index contributed by atoms with van der Waals surface area (Å²) in [6.45, 7) is 6.23. The first-order valence-corrected chi connectivity index (χ1v) is 7.43. The van der Waals surface area contributed by atoms with Crippen molar-refractivity contribution in [3.63, 3.8) is 0 Å². The molecule has 3 heteroatoms. The summed E-state index contributed by atoms with van der Waals surface area (Å²) in [5, 5.41) is 0. The molecule has 2 N–H and O–H groups in total. The third-order valence-electron chi connectivity index (χ3n) is 4.26. The van der Waals surface area contributed by atoms with E-state index in [1.165, 1.54) is 12.8 Å². The maximum Gasteiger partial charge on any atom is 0.146 e. The van der Waals surface area contributed by atoms with E-state index in [2.05, 4.69) is 18.7 Å². The van der Waals surface area contributed by atoms with E-state index in [0.29, 0.717) is 5.92 Å². The van der Waals surface area contributed by atoms with Gasteiger partial charge in [-0.2, -0.15) is 0 Å². The molecule has 1 heterocycles. The maximum absolute atomic E-state index is 14.2. The third-order valence-corrected chi connectivity index (χ3v) is 4.26. The minimum absolute atomic E-state index is 0.0995. The number of benzene rings is 1. The van der Waals surface area contributed by atoms with E-state index < -0.39 is 0 Å². The van der Waals surface area contributed by atoms with Crippen LogP contribution >= 0.6 is 0 Å². The Hall–Kier alpha value is -1.09. The Labute approximate surface area is 115 Å². The fraction of sp³-hybridized carbons (Fsp3) is 0.625. The lowest BCUT2D eigenvalue weighted by Gasteiger charge is -2.24. The average molecular weight is 264 g/mol. The summed E-state index contributed by atoms with van der Waals surface area (Å²) in [5.74, 6) is 0.602. The van der Waals surface area contributed by atoms with Crippen LogP contribution in [0, 0.1) is 11.7 Å². The second kappa shape index (κ2) is 6.38. The first-order valence-electron chi connectivity index (χ1n) is 7.43. The van der Waals surface area contributed by atoms with Crippen LogP contribution in [-0.2, 0) is 6.42 Å². The van der Waals surface area contributed by atoms with E-state index in [9.17, 15) is 4.39 Å². The number of para-hydroxylation sites is 1. The van der Waals surface area contributed by atoms with Crippen molar-refractivity contribution in [2.24, 2.45) is 11.7 Å². The van der Waals surface area contributed by atoms with Gasteiger partial charge in [-0.1, -0.05) is 32.4 Å². The van der Waals surface area contributed by atoms with Crippen LogP contribution in [0.5, 0.6) is 0 Å². The molecule has 19 heavy (non-hydrogen) atoms. The van der Waals surface area contributed by atoms with E-state index in [4.69, 9.17) is 5.73 Å². The molecule has 2 rings (SSSR count). The quantitative estimate of drug-likeness (QED) is 0.883. The number of hydrogen-bond acceptors (Lipinski definition) is 2. The van der Waals surface area contributed by atoms with Gasteiger partial charge in [0.2, 0.25) is 0 Å². The van der Waals surface area contributed by atoms with Gasteiger partial charge in [-0.05, 0) is 36.8 Å². The molecule has 0 bridgehead atoms. The van der Waals surface area contributed by atoms with Gasteiger partial charge in [0, 0.05) is 19.1 Å². The van der Waals surface area contributed by atoms with Crippen LogP contribution < -0.4 is 10.6 Å². The monoisotopic (exact) mass is 264 g/mol. The van der Waals surface area contributed by atoms with Crippen molar-refractivity contribution in [3.05, 3.63) is 29.6 Å². The van der Waals surface area contributed by atoms with Crippen LogP contribution in [-0.4, -0.2) is 19.1 Å². The zero-order chi connectivity index (χ0) is 13.8. The number of halogens is 1. The highest BCUT2D eigenvalue weighted by Crippen LogP contribution is 2.31. The Morgan fingerprint density at radius 1 is 1.42 bits per heavy atom. The molecule has 2 unspecified atom stereocenters. The minimum Gasteiger partial charge on any atom is -0.369 e. The van der Waals surface area contributed by atoms with Crippen LogP contribution in [0.2, 0.25) is 0 Å². The van der Waals surface area contributed by atoms with E-state index in [-0.39, 0.29) is 11.9 Å². The number of hydrogen-bond donors (Lipinski definition) is 1. The third kappa shape index (κ3) is 3.27. The minimum atomic E-state index is -0.0995. The zero-order valence-electron chi connectivity index (χ0n) is 12.0. The lowest BCUT2D eigenvalue weighted by molar-refractivity contribution is 0.566. The van der Waals surface area contributed by atoms with Gasteiger partial charge in [0.25, 0.3) is 0 Å². The van der Waals surface area contributed by atoms with Crippen LogP contribution in [0.1, 0.15) is 38.7 Å². The zero-order valence-corrected chi connectivity index (χ0v) is 12.0. The summed E-state index contributed by atoms with van der Waals surface area (Å²) in [7, 11) is 0. The van der Waals surface area contributed by atoms with Crippen LogP contribution in [0.4, 0.5) is 10.1 Å². The lowest BCUT2D eigenvalue weighted by Crippen LogP contribution is -2.26. The lowest BCUT2D eigenvalue weighted by atomic mass is 10.0. The summed E-state index contributed by atoms with van der Waals surface area (Å²) in [4.78, 5) is 2.21. The van der Waals surface area contributed by atoms with E-state index >= 15 is 0 Å². The summed E-state index contributed by atoms with van der Waals surface area (Å²) in [6.07, 6.45) is 4.03. The molecule has 106 valence electrons. The maximum atomic E-state index is 14.2. The molecular weight excluding hydrogens is 239 g/mol. The Morgan fingerprint density at radius 3 is 2.84 bits per heavy atom. The van der Waals surface area contributed by atoms with Gasteiger partial charge in [0.05, 0.1) is 5.69 Å². The average Bonchev–Trinajstić information content (AvgIpc) is 2.87. The molecule has 0 spiro atoms. The summed E-state index contributed by atoms with van der Waals surface area (Å²) < 4.78 is 14.2. The van der Waals surface area contributed by atoms with Gasteiger partial charge in [-0.15, -0.1) is 0 Å². The molecule has 0 saturated carbocycles. The number of nitrogens with two attached hydrogens (primary N) is 1. The van der Waals surface area contributed by atoms with E-state index in [1.807, 2.05) is 6.07 Å². The smallest absolute Gasteiger partial charge is 0.146 e. The van der Waals surface area contributed by atoms with Crippen molar-refractivity contribution >= 4 is 5.69 Å². The molecule has 1 fully saturated rings. The number of anilines is 1. The highest BCUT2D eigenvalue weighted by atomic mass is 19.1. The van der Waals surface area contributed by atoms with E-state index in [0.717, 1.165) is 37.2 Å². The molecular formula is C16H25FN2. The van der Waals surface area contributed by atoms with Crippen molar-refractivity contribution in [2.45, 2.75) is 45.6 Å². The highest BCUT2D eigenvalue weighted by molar-refractivity contribution is 5.56. The molecule has 1 saturated heterocycles. The topological polar surface area (TPSA) is 29.3 Å². The molecule has 0 aromatic heterocycles. The first kappa shape index (κ1) is 14.3. The van der Waals surface area contributed by atoms with E-state index in [1.54, 1.807) is 12.1 Å². The van der Waals surface area contributed by atoms with Gasteiger partial charge >= 0.3 is 0 Å². The van der Waals surface area contributed by atoms with Crippen LogP contribution in [0.25, 0.3) is 0 Å². The summed E-state index contributed by atoms with van der Waals surface area (Å²) >= 11 is 0. The first-order chi connectivity index (χ1) is 9.15. The van der Waals surface area contributed by atoms with Gasteiger partial charge in [-0.3, -0.25) is 0 Å². The van der Waals surface area contributed by atoms with Crippen molar-refractivity contribution in [1.82, 2.24) is 0 Å². The summed E-state index contributed by atoms with van der Waals surface area (Å²) in [5.41, 5.74) is 7.89. The standard InChI is InChI=1S/C16H25FN2/c1-3-12-8-9-19(11-12)16-13(10-14(18)4-2)6-5-7-15(16)17/h5-7,12,14H,3-4,8-11,18H2,1-2H3. The molecule has 2 nitrogen and oxygen atoms in total. The Bertz CT molecular complexity index is 419. The van der Waals surface area contributed by atoms with Crippen LogP contribution in [0.15, 0.2) is 18.2 Å². The van der Waals surface area contributed by atoms with Crippen molar-refractivity contribution in [1.29, 1.82) is 0 Å². The second-order valence-corrected chi connectivity index (χ2v) is 5.63. The van der Waals surface area contributed by atoms with Gasteiger partial charge in [-0.25, -0.2) is 4.39 Å². The van der Waals surface area contributed by atoms with Gasteiger partial charge in [0.1, 0.15) is 5.82 Å². The Morgan fingerprint density at radius 2 is 2.21 bits per heavy atom. The van der Waals surface area contributed by atoms with Crippen LogP contribution in [0.3, 0.4) is 0 Å². The Kier molecular flexibility index (Phi) is 4.81. The molecule has 0 radical (unpaired) electrons. The van der Waals surface area contributed by atoms with Crippen molar-refractivity contribution in [3.8, 4) is 0 Å². The molecule has 0 amide bonds. The molecule has 2 atom stereocenters. The predicted octanol–water partition coefficient (Wildman–Crippen LogP) is 3.34. The van der Waals surface area contributed by atoms with Crippen molar-refractivity contribution in [2.75, 3.05) is 18.0 Å². The summed E-state index contributed by atoms with van der Waals surface area (Å²) in [6, 6.07) is 5.50. The highest BCUT2D eigenvalue weighted by Gasteiger charge is 2.25. The normalized spacial score (nSPS) is 20.8. The molecule has 1 aromatic rings.